The van der Waals surface area contributed by atoms with Crippen molar-refractivity contribution in [1.82, 2.24) is 4.90 Å². The van der Waals surface area contributed by atoms with E-state index in [2.05, 4.69) is 30.0 Å². The molecule has 146 valence electrons. The van der Waals surface area contributed by atoms with E-state index in [0.717, 1.165) is 44.6 Å². The second-order valence-corrected chi connectivity index (χ2v) is 9.59. The molecule has 1 heterocycles. The van der Waals surface area contributed by atoms with E-state index in [-0.39, 0.29) is 5.41 Å². The van der Waals surface area contributed by atoms with Gasteiger partial charge >= 0.3 is 0 Å². The summed E-state index contributed by atoms with van der Waals surface area (Å²) < 4.78 is 6.08. The van der Waals surface area contributed by atoms with Gasteiger partial charge in [0, 0.05) is 18.4 Å². The fraction of sp³-hybridized carbons (Fsp3) is 0.708. The zero-order chi connectivity index (χ0) is 18.4. The van der Waals surface area contributed by atoms with Crippen LogP contribution in [0.15, 0.2) is 18.2 Å². The summed E-state index contributed by atoms with van der Waals surface area (Å²) in [6.07, 6.45) is 9.31. The Hall–Kier alpha value is -1.35. The van der Waals surface area contributed by atoms with Gasteiger partial charge in [-0.1, -0.05) is 13.0 Å². The Morgan fingerprint density at radius 2 is 2.00 bits per heavy atom. The number of benzene rings is 1. The Labute approximate surface area is 163 Å². The Balaban J connectivity index is 1.28. The van der Waals surface area contributed by atoms with Gasteiger partial charge in [0.05, 0.1) is 0 Å². The normalized spacial score (nSPS) is 35.6. The lowest BCUT2D eigenvalue weighted by Crippen LogP contribution is -2.42. The Bertz CT molecular complexity index is 723. The Morgan fingerprint density at radius 1 is 1.15 bits per heavy atom. The number of ether oxygens (including phenoxy) is 1. The molecule has 27 heavy (non-hydrogen) atoms. The number of Topliss-reactive ketones (excluding diaryl/α,β-unsaturated/α-hetero) is 1. The van der Waals surface area contributed by atoms with Crippen molar-refractivity contribution in [2.75, 3.05) is 26.2 Å². The molecule has 0 bridgehead atoms. The molecule has 3 nitrogen and oxygen atoms in total. The lowest BCUT2D eigenvalue weighted by atomic mass is 9.55. The summed E-state index contributed by atoms with van der Waals surface area (Å²) in [5, 5.41) is 0. The van der Waals surface area contributed by atoms with E-state index in [1.54, 1.807) is 5.56 Å². The topological polar surface area (TPSA) is 29.5 Å². The zero-order valence-corrected chi connectivity index (χ0v) is 16.7. The number of rotatable bonds is 4. The van der Waals surface area contributed by atoms with Gasteiger partial charge in [0.15, 0.2) is 0 Å². The first-order valence-electron chi connectivity index (χ1n) is 11.2. The van der Waals surface area contributed by atoms with E-state index in [9.17, 15) is 4.79 Å². The fourth-order valence-corrected chi connectivity index (χ4v) is 6.72. The average Bonchev–Trinajstić information content (AvgIpc) is 3.30. The third-order valence-corrected chi connectivity index (χ3v) is 8.28. The van der Waals surface area contributed by atoms with Gasteiger partial charge in [-0.3, -0.25) is 9.69 Å². The van der Waals surface area contributed by atoms with Crippen LogP contribution >= 0.6 is 0 Å². The number of aryl methyl sites for hydroxylation is 1. The summed E-state index contributed by atoms with van der Waals surface area (Å²) in [6, 6.07) is 6.85. The van der Waals surface area contributed by atoms with Crippen LogP contribution in [-0.2, 0) is 11.2 Å². The highest BCUT2D eigenvalue weighted by molar-refractivity contribution is 5.87. The quantitative estimate of drug-likeness (QED) is 0.780. The first-order valence-corrected chi connectivity index (χ1v) is 11.2. The van der Waals surface area contributed by atoms with E-state index >= 15 is 0 Å². The van der Waals surface area contributed by atoms with Gasteiger partial charge in [-0.25, -0.2) is 0 Å². The molecule has 4 aliphatic rings. The first kappa shape index (κ1) is 17.7. The monoisotopic (exact) mass is 367 g/mol. The van der Waals surface area contributed by atoms with Crippen LogP contribution < -0.4 is 4.74 Å². The standard InChI is InChI=1S/C24H33NO2/c1-24-11-10-20-19-7-5-18(27-15-14-25-12-2-3-13-25)16-17(19)4-6-21(20)22(24)8-9-23(24)26/h5,7,16,20-22H,2-4,6,8-15H2,1H3/t20-,21-,22+,24+/m1/s1. The third kappa shape index (κ3) is 3.03. The minimum atomic E-state index is -0.0166. The molecular formula is C24H33NO2. The Kier molecular flexibility index (Phi) is 4.54. The van der Waals surface area contributed by atoms with E-state index in [4.69, 9.17) is 4.74 Å². The van der Waals surface area contributed by atoms with Crippen LogP contribution in [-0.4, -0.2) is 36.9 Å². The second kappa shape index (κ2) is 6.92. The predicted octanol–water partition coefficient (Wildman–Crippen LogP) is 4.59. The number of hydrogen-bond acceptors (Lipinski definition) is 3. The zero-order valence-electron chi connectivity index (χ0n) is 16.7. The molecule has 0 aromatic heterocycles. The molecule has 3 fully saturated rings. The van der Waals surface area contributed by atoms with E-state index < -0.39 is 0 Å². The summed E-state index contributed by atoms with van der Waals surface area (Å²) in [7, 11) is 0. The number of carbonyl (C=O) groups excluding carboxylic acids is 1. The number of ketones is 1. The summed E-state index contributed by atoms with van der Waals surface area (Å²) in [5.74, 6) is 3.58. The van der Waals surface area contributed by atoms with Crippen molar-refractivity contribution in [2.24, 2.45) is 17.3 Å². The van der Waals surface area contributed by atoms with Crippen molar-refractivity contribution >= 4 is 5.78 Å². The number of hydrogen-bond donors (Lipinski definition) is 0. The number of likely N-dealkylation sites (tertiary alicyclic amines) is 1. The molecule has 3 heteroatoms. The molecule has 1 aromatic carbocycles. The van der Waals surface area contributed by atoms with Crippen molar-refractivity contribution in [1.29, 1.82) is 0 Å². The Morgan fingerprint density at radius 3 is 2.85 bits per heavy atom. The lowest BCUT2D eigenvalue weighted by Gasteiger charge is -2.48. The SMILES string of the molecule is C[C@]12CC[C@@H]3c4ccc(OCCN5CCCC5)cc4CC[C@H]3[C@@H]1CCC2=O. The van der Waals surface area contributed by atoms with Crippen LogP contribution in [0.3, 0.4) is 0 Å². The molecule has 2 saturated carbocycles. The molecule has 3 aliphatic carbocycles. The summed E-state index contributed by atoms with van der Waals surface area (Å²) in [4.78, 5) is 15.0. The molecule has 1 saturated heterocycles. The van der Waals surface area contributed by atoms with Crippen molar-refractivity contribution in [2.45, 2.75) is 64.2 Å². The minimum Gasteiger partial charge on any atom is -0.492 e. The van der Waals surface area contributed by atoms with Gasteiger partial charge < -0.3 is 4.74 Å². The molecule has 4 atom stereocenters. The highest BCUT2D eigenvalue weighted by atomic mass is 16.5. The highest BCUT2D eigenvalue weighted by Crippen LogP contribution is 2.59. The minimum absolute atomic E-state index is 0.0166. The van der Waals surface area contributed by atoms with E-state index in [1.807, 2.05) is 0 Å². The number of carbonyl (C=O) groups is 1. The van der Waals surface area contributed by atoms with Crippen LogP contribution in [0.1, 0.15) is 68.9 Å². The molecule has 0 spiro atoms. The average molecular weight is 368 g/mol. The van der Waals surface area contributed by atoms with Gasteiger partial charge in [0.25, 0.3) is 0 Å². The smallest absolute Gasteiger partial charge is 0.139 e. The van der Waals surface area contributed by atoms with Crippen molar-refractivity contribution < 1.29 is 9.53 Å². The van der Waals surface area contributed by atoms with Crippen LogP contribution in [0.25, 0.3) is 0 Å². The lowest BCUT2D eigenvalue weighted by molar-refractivity contribution is -0.129. The molecule has 1 aromatic rings. The second-order valence-electron chi connectivity index (χ2n) is 9.59. The van der Waals surface area contributed by atoms with E-state index in [1.165, 1.54) is 44.3 Å². The van der Waals surface area contributed by atoms with Crippen molar-refractivity contribution in [3.8, 4) is 5.75 Å². The largest absolute Gasteiger partial charge is 0.492 e. The summed E-state index contributed by atoms with van der Waals surface area (Å²) >= 11 is 0. The van der Waals surface area contributed by atoms with Crippen molar-refractivity contribution in [3.63, 3.8) is 0 Å². The van der Waals surface area contributed by atoms with E-state index in [0.29, 0.717) is 23.5 Å². The molecule has 1 aliphatic heterocycles. The van der Waals surface area contributed by atoms with Crippen LogP contribution in [0.5, 0.6) is 5.75 Å². The molecule has 0 amide bonds. The van der Waals surface area contributed by atoms with Gasteiger partial charge in [-0.2, -0.15) is 0 Å². The number of fused-ring (bicyclic) bond motifs is 5. The van der Waals surface area contributed by atoms with Gasteiger partial charge in [0.1, 0.15) is 18.1 Å². The van der Waals surface area contributed by atoms with Crippen molar-refractivity contribution in [3.05, 3.63) is 29.3 Å². The molecule has 0 N–H and O–H groups in total. The van der Waals surface area contributed by atoms with Crippen LogP contribution in [0.2, 0.25) is 0 Å². The third-order valence-electron chi connectivity index (χ3n) is 8.28. The number of nitrogens with zero attached hydrogens (tertiary/aromatic N) is 1. The maximum atomic E-state index is 12.5. The summed E-state index contributed by atoms with van der Waals surface area (Å²) in [6.45, 7) is 6.58. The molecule has 0 radical (unpaired) electrons. The highest BCUT2D eigenvalue weighted by Gasteiger charge is 2.54. The first-order chi connectivity index (χ1) is 13.1. The maximum Gasteiger partial charge on any atom is 0.139 e. The van der Waals surface area contributed by atoms with Crippen LogP contribution in [0, 0.1) is 17.3 Å². The predicted molar refractivity (Wildman–Crippen MR) is 107 cm³/mol. The van der Waals surface area contributed by atoms with Gasteiger partial charge in [-0.05, 0) is 99.0 Å². The maximum absolute atomic E-state index is 12.5. The van der Waals surface area contributed by atoms with Gasteiger partial charge in [0.2, 0.25) is 0 Å². The summed E-state index contributed by atoms with van der Waals surface area (Å²) in [5.41, 5.74) is 3.04. The molecule has 5 rings (SSSR count). The van der Waals surface area contributed by atoms with Gasteiger partial charge in [-0.15, -0.1) is 0 Å². The van der Waals surface area contributed by atoms with Crippen LogP contribution in [0.4, 0.5) is 0 Å². The molecule has 0 unspecified atom stereocenters. The molecular weight excluding hydrogens is 334 g/mol. The fourth-order valence-electron chi connectivity index (χ4n) is 6.72.